The van der Waals surface area contributed by atoms with E-state index in [1.165, 1.54) is 54.9 Å². The van der Waals surface area contributed by atoms with Crippen molar-refractivity contribution in [2.24, 2.45) is 0 Å². The minimum Gasteiger partial charge on any atom is -0.0622 e. The molecule has 0 saturated heterocycles. The van der Waals surface area contributed by atoms with Crippen LogP contribution in [0, 0.1) is 13.8 Å². The lowest BCUT2D eigenvalue weighted by Gasteiger charge is -2.08. The Bertz CT molecular complexity index is 1430. The van der Waals surface area contributed by atoms with Gasteiger partial charge in [-0.3, -0.25) is 0 Å². The zero-order valence-electron chi connectivity index (χ0n) is 19.7. The van der Waals surface area contributed by atoms with Gasteiger partial charge in [-0.05, 0) is 80.9 Å². The van der Waals surface area contributed by atoms with Gasteiger partial charge in [0.25, 0.3) is 0 Å². The van der Waals surface area contributed by atoms with Crippen LogP contribution >= 0.6 is 0 Å². The van der Waals surface area contributed by atoms with Crippen LogP contribution in [0.25, 0.3) is 43.8 Å². The van der Waals surface area contributed by atoms with Gasteiger partial charge in [0.15, 0.2) is 0 Å². The van der Waals surface area contributed by atoms with Gasteiger partial charge in [0.1, 0.15) is 0 Å². The number of hydrogen-bond donors (Lipinski definition) is 0. The van der Waals surface area contributed by atoms with Crippen molar-refractivity contribution >= 4 is 21.5 Å². The van der Waals surface area contributed by atoms with Crippen molar-refractivity contribution in [1.29, 1.82) is 0 Å². The molecule has 34 heavy (non-hydrogen) atoms. The van der Waals surface area contributed by atoms with Gasteiger partial charge in [-0.1, -0.05) is 121 Å². The van der Waals surface area contributed by atoms with Gasteiger partial charge >= 0.3 is 0 Å². The van der Waals surface area contributed by atoms with Gasteiger partial charge < -0.3 is 0 Å². The molecule has 0 nitrogen and oxygen atoms in total. The molecule has 0 aliphatic rings. The third-order valence-corrected chi connectivity index (χ3v) is 6.33. The molecular formula is C34H28. The highest BCUT2D eigenvalue weighted by molar-refractivity contribution is 6.01. The summed E-state index contributed by atoms with van der Waals surface area (Å²) in [5.41, 5.74) is 7.76. The van der Waals surface area contributed by atoms with Crippen molar-refractivity contribution in [2.75, 3.05) is 0 Å². The van der Waals surface area contributed by atoms with E-state index in [0.717, 1.165) is 0 Å². The summed E-state index contributed by atoms with van der Waals surface area (Å²) < 4.78 is 0. The molecule has 0 aromatic heterocycles. The zero-order chi connectivity index (χ0) is 23.3. The minimum atomic E-state index is 1.27. The highest BCUT2D eigenvalue weighted by Gasteiger charge is 2.03. The summed E-state index contributed by atoms with van der Waals surface area (Å²) in [4.78, 5) is 0. The number of fused-ring (bicyclic) bond motifs is 2. The lowest BCUT2D eigenvalue weighted by molar-refractivity contribution is 1.46. The lowest BCUT2D eigenvalue weighted by Crippen LogP contribution is -1.84. The van der Waals surface area contributed by atoms with Gasteiger partial charge in [0.2, 0.25) is 0 Å². The molecule has 0 heterocycles. The van der Waals surface area contributed by atoms with Gasteiger partial charge in [-0.2, -0.15) is 0 Å². The third-order valence-electron chi connectivity index (χ3n) is 6.33. The Hall–Kier alpha value is -4.16. The monoisotopic (exact) mass is 436 g/mol. The van der Waals surface area contributed by atoms with E-state index in [1.807, 2.05) is 0 Å². The summed E-state index contributed by atoms with van der Waals surface area (Å²) in [5, 5.41) is 5.37. The molecule has 0 unspecified atom stereocenters. The van der Waals surface area contributed by atoms with Gasteiger partial charge in [-0.15, -0.1) is 0 Å². The highest BCUT2D eigenvalue weighted by Crippen LogP contribution is 2.28. The SMILES string of the molecule is Cc1c2ccccc2cc2ccccc12.Cc1cc(-c2ccccc2)cc(-c2ccccc2)c1. The Balaban J connectivity index is 0.000000145. The van der Waals surface area contributed by atoms with Crippen LogP contribution < -0.4 is 0 Å². The van der Waals surface area contributed by atoms with Crippen LogP contribution in [-0.4, -0.2) is 0 Å². The molecule has 0 radical (unpaired) electrons. The standard InChI is InChI=1S/C19H16.C15H12/c1-15-12-18(16-8-4-2-5-9-16)14-19(13-15)17-10-6-3-7-11-17;1-11-14-8-4-2-6-12(14)10-13-7-3-5-9-15(11)13/h2-14H,1H3;2-10H,1H3. The maximum atomic E-state index is 2.26. The average molecular weight is 437 g/mol. The van der Waals surface area contributed by atoms with Crippen molar-refractivity contribution < 1.29 is 0 Å². The fourth-order valence-corrected chi connectivity index (χ4v) is 4.62. The van der Waals surface area contributed by atoms with Crippen molar-refractivity contribution in [2.45, 2.75) is 13.8 Å². The molecule has 0 atom stereocenters. The number of rotatable bonds is 2. The van der Waals surface area contributed by atoms with Crippen molar-refractivity contribution in [3.63, 3.8) is 0 Å². The maximum absolute atomic E-state index is 2.26. The molecule has 0 saturated carbocycles. The van der Waals surface area contributed by atoms with Crippen molar-refractivity contribution in [3.8, 4) is 22.3 Å². The van der Waals surface area contributed by atoms with Gasteiger partial charge in [-0.25, -0.2) is 0 Å². The molecule has 6 aromatic rings. The molecule has 0 fully saturated rings. The van der Waals surface area contributed by atoms with Crippen LogP contribution in [0.2, 0.25) is 0 Å². The Morgan fingerprint density at radius 2 is 0.765 bits per heavy atom. The van der Waals surface area contributed by atoms with E-state index in [0.29, 0.717) is 0 Å². The quantitative estimate of drug-likeness (QED) is 0.237. The predicted octanol–water partition coefficient (Wildman–Crippen LogP) is 9.63. The smallest absolute Gasteiger partial charge is 0.0148 e. The van der Waals surface area contributed by atoms with Crippen LogP contribution in [0.15, 0.2) is 133 Å². The summed E-state index contributed by atoms with van der Waals surface area (Å²) in [5.74, 6) is 0. The fourth-order valence-electron chi connectivity index (χ4n) is 4.62. The molecule has 0 aliphatic heterocycles. The summed E-state index contributed by atoms with van der Waals surface area (Å²) in [7, 11) is 0. The molecule has 164 valence electrons. The van der Waals surface area contributed by atoms with Gasteiger partial charge in [0.05, 0.1) is 0 Å². The first-order valence-electron chi connectivity index (χ1n) is 11.8. The van der Waals surface area contributed by atoms with E-state index in [1.54, 1.807) is 0 Å². The Labute approximate surface area is 202 Å². The summed E-state index contributed by atoms with van der Waals surface area (Å²) >= 11 is 0. The summed E-state index contributed by atoms with van der Waals surface area (Å²) in [6, 6.07) is 47.2. The lowest BCUT2D eigenvalue weighted by atomic mass is 9.97. The third kappa shape index (κ3) is 4.63. The Morgan fingerprint density at radius 1 is 0.353 bits per heavy atom. The predicted molar refractivity (Wildman–Crippen MR) is 148 cm³/mol. The van der Waals surface area contributed by atoms with Crippen molar-refractivity contribution in [1.82, 2.24) is 0 Å². The van der Waals surface area contributed by atoms with E-state index in [-0.39, 0.29) is 0 Å². The van der Waals surface area contributed by atoms with Crippen LogP contribution in [-0.2, 0) is 0 Å². The maximum Gasteiger partial charge on any atom is -0.0148 e. The van der Waals surface area contributed by atoms with E-state index in [2.05, 4.69) is 147 Å². The molecule has 0 spiro atoms. The van der Waals surface area contributed by atoms with Gasteiger partial charge in [0, 0.05) is 0 Å². The fraction of sp³-hybridized carbons (Fsp3) is 0.0588. The highest BCUT2D eigenvalue weighted by atomic mass is 14.1. The molecule has 0 heteroatoms. The number of hydrogen-bond acceptors (Lipinski definition) is 0. The first-order chi connectivity index (χ1) is 16.7. The second-order valence-electron chi connectivity index (χ2n) is 8.76. The topological polar surface area (TPSA) is 0 Å². The van der Waals surface area contributed by atoms with Crippen molar-refractivity contribution in [3.05, 3.63) is 145 Å². The summed E-state index contributed by atoms with van der Waals surface area (Å²) in [6.07, 6.45) is 0. The van der Waals surface area contributed by atoms with Crippen LogP contribution in [0.4, 0.5) is 0 Å². The van der Waals surface area contributed by atoms with Crippen LogP contribution in [0.1, 0.15) is 11.1 Å². The minimum absolute atomic E-state index is 1.27. The Morgan fingerprint density at radius 3 is 1.24 bits per heavy atom. The summed E-state index contributed by atoms with van der Waals surface area (Å²) in [6.45, 7) is 4.35. The largest absolute Gasteiger partial charge is 0.0622 e. The number of benzene rings is 6. The molecule has 0 bridgehead atoms. The Kier molecular flexibility index (Phi) is 6.23. The van der Waals surface area contributed by atoms with E-state index < -0.39 is 0 Å². The normalized spacial score (nSPS) is 10.6. The first kappa shape index (κ1) is 21.7. The molecule has 6 rings (SSSR count). The zero-order valence-corrected chi connectivity index (χ0v) is 19.7. The average Bonchev–Trinajstić information content (AvgIpc) is 2.90. The molecule has 0 aliphatic carbocycles. The van der Waals surface area contributed by atoms with Crippen LogP contribution in [0.3, 0.4) is 0 Å². The molecule has 6 aromatic carbocycles. The molecular weight excluding hydrogens is 408 g/mol. The second kappa shape index (κ2) is 9.77. The first-order valence-corrected chi connectivity index (χ1v) is 11.8. The van der Waals surface area contributed by atoms with Crippen LogP contribution in [0.5, 0.6) is 0 Å². The number of aryl methyl sites for hydroxylation is 2. The van der Waals surface area contributed by atoms with E-state index in [9.17, 15) is 0 Å². The van der Waals surface area contributed by atoms with E-state index >= 15 is 0 Å². The second-order valence-corrected chi connectivity index (χ2v) is 8.76. The molecule has 0 amide bonds. The molecule has 0 N–H and O–H groups in total. The van der Waals surface area contributed by atoms with E-state index in [4.69, 9.17) is 0 Å².